The highest BCUT2D eigenvalue weighted by Crippen LogP contribution is 2.24. The molecular formula is C13H22BrN5O. The minimum absolute atomic E-state index is 0.0500. The number of hydrogen-bond donors (Lipinski definition) is 1. The summed E-state index contributed by atoms with van der Waals surface area (Å²) in [4.78, 5) is 24.2. The third-order valence-electron chi connectivity index (χ3n) is 2.68. The Balaban J connectivity index is 3.00. The van der Waals surface area contributed by atoms with Crippen molar-refractivity contribution in [2.45, 2.75) is 20.3 Å². The zero-order valence-corrected chi connectivity index (χ0v) is 14.1. The molecule has 0 saturated heterocycles. The molecular weight excluding hydrogens is 322 g/mol. The van der Waals surface area contributed by atoms with Crippen LogP contribution >= 0.6 is 15.9 Å². The van der Waals surface area contributed by atoms with E-state index in [1.807, 2.05) is 11.8 Å². The van der Waals surface area contributed by atoms with Gasteiger partial charge in [-0.2, -0.15) is 4.98 Å². The summed E-state index contributed by atoms with van der Waals surface area (Å²) in [5, 5.41) is 3.08. The van der Waals surface area contributed by atoms with Crippen molar-refractivity contribution in [2.75, 3.05) is 43.9 Å². The molecule has 20 heavy (non-hydrogen) atoms. The van der Waals surface area contributed by atoms with Gasteiger partial charge in [0.05, 0.1) is 11.0 Å². The van der Waals surface area contributed by atoms with E-state index in [9.17, 15) is 4.79 Å². The van der Waals surface area contributed by atoms with Crippen molar-refractivity contribution in [1.29, 1.82) is 0 Å². The van der Waals surface area contributed by atoms with Gasteiger partial charge in [-0.1, -0.05) is 6.92 Å². The molecule has 0 aliphatic heterocycles. The number of likely N-dealkylation sites (N-methyl/N-ethyl adjacent to an activating group) is 1. The minimum Gasteiger partial charge on any atom is -0.354 e. The van der Waals surface area contributed by atoms with Crippen LogP contribution in [0.4, 0.5) is 11.8 Å². The first-order valence-corrected chi connectivity index (χ1v) is 7.50. The minimum atomic E-state index is 0.0500. The van der Waals surface area contributed by atoms with E-state index in [4.69, 9.17) is 0 Å². The zero-order valence-electron chi connectivity index (χ0n) is 12.5. The number of hydrogen-bond acceptors (Lipinski definition) is 5. The van der Waals surface area contributed by atoms with Crippen LogP contribution in [0.2, 0.25) is 0 Å². The predicted octanol–water partition coefficient (Wildman–Crippen LogP) is 1.98. The lowest BCUT2D eigenvalue weighted by molar-refractivity contribution is -0.127. The van der Waals surface area contributed by atoms with Crippen LogP contribution in [0.15, 0.2) is 10.7 Å². The second-order valence-electron chi connectivity index (χ2n) is 4.61. The van der Waals surface area contributed by atoms with E-state index >= 15 is 0 Å². The molecule has 1 aromatic heterocycles. The number of anilines is 2. The van der Waals surface area contributed by atoms with E-state index in [1.165, 1.54) is 0 Å². The van der Waals surface area contributed by atoms with Crippen LogP contribution in [0.25, 0.3) is 0 Å². The molecule has 1 aromatic rings. The molecule has 0 aromatic carbocycles. The van der Waals surface area contributed by atoms with Gasteiger partial charge in [-0.05, 0) is 29.3 Å². The van der Waals surface area contributed by atoms with Crippen molar-refractivity contribution in [1.82, 2.24) is 14.9 Å². The topological polar surface area (TPSA) is 61.4 Å². The Bertz CT molecular complexity index is 452. The maximum absolute atomic E-state index is 11.9. The summed E-state index contributed by atoms with van der Waals surface area (Å²) in [5.41, 5.74) is 0. The number of nitrogens with zero attached hydrogens (tertiary/aromatic N) is 4. The van der Waals surface area contributed by atoms with Gasteiger partial charge < -0.3 is 15.1 Å². The number of halogens is 1. The highest BCUT2D eigenvalue weighted by atomic mass is 79.9. The van der Waals surface area contributed by atoms with Gasteiger partial charge in [-0.15, -0.1) is 0 Å². The van der Waals surface area contributed by atoms with Crippen LogP contribution in [0.1, 0.15) is 20.3 Å². The smallest absolute Gasteiger partial charge is 0.241 e. The van der Waals surface area contributed by atoms with Gasteiger partial charge in [0.15, 0.2) is 0 Å². The Morgan fingerprint density at radius 2 is 2.10 bits per heavy atom. The summed E-state index contributed by atoms with van der Waals surface area (Å²) in [6.07, 6.45) is 2.65. The van der Waals surface area contributed by atoms with Gasteiger partial charge in [0.1, 0.15) is 5.82 Å². The molecule has 1 rings (SSSR count). The molecule has 1 N–H and O–H groups in total. The highest BCUT2D eigenvalue weighted by Gasteiger charge is 2.17. The van der Waals surface area contributed by atoms with Gasteiger partial charge in [0.25, 0.3) is 0 Å². The monoisotopic (exact) mass is 343 g/mol. The van der Waals surface area contributed by atoms with Crippen molar-refractivity contribution in [3.63, 3.8) is 0 Å². The Labute approximate surface area is 128 Å². The fourth-order valence-electron chi connectivity index (χ4n) is 1.66. The summed E-state index contributed by atoms with van der Waals surface area (Å²) in [6, 6.07) is 0. The number of carbonyl (C=O) groups is 1. The number of rotatable bonds is 7. The zero-order chi connectivity index (χ0) is 15.1. The fraction of sp³-hybridized carbons (Fsp3) is 0.615. The summed E-state index contributed by atoms with van der Waals surface area (Å²) in [5.74, 6) is 1.37. The van der Waals surface area contributed by atoms with Crippen LogP contribution in [-0.4, -0.2) is 54.5 Å². The normalized spacial score (nSPS) is 10.2. The molecule has 0 aliphatic rings. The highest BCUT2D eigenvalue weighted by molar-refractivity contribution is 9.10. The van der Waals surface area contributed by atoms with Crippen LogP contribution in [-0.2, 0) is 4.79 Å². The summed E-state index contributed by atoms with van der Waals surface area (Å²) < 4.78 is 0.791. The first-order valence-electron chi connectivity index (χ1n) is 6.71. The summed E-state index contributed by atoms with van der Waals surface area (Å²) >= 11 is 3.46. The fourth-order valence-corrected chi connectivity index (χ4v) is 2.10. The van der Waals surface area contributed by atoms with E-state index in [2.05, 4.69) is 38.1 Å². The van der Waals surface area contributed by atoms with Gasteiger partial charge in [0.2, 0.25) is 11.9 Å². The molecule has 0 spiro atoms. The van der Waals surface area contributed by atoms with Crippen LogP contribution in [0, 0.1) is 0 Å². The molecule has 6 nitrogen and oxygen atoms in total. The molecule has 112 valence electrons. The lowest BCUT2D eigenvalue weighted by Gasteiger charge is -2.25. The van der Waals surface area contributed by atoms with Crippen LogP contribution < -0.4 is 10.2 Å². The molecule has 1 amide bonds. The maximum Gasteiger partial charge on any atom is 0.241 e. The number of amides is 1. The third kappa shape index (κ3) is 4.63. The predicted molar refractivity (Wildman–Crippen MR) is 85.1 cm³/mol. The van der Waals surface area contributed by atoms with Crippen molar-refractivity contribution in [3.05, 3.63) is 10.7 Å². The van der Waals surface area contributed by atoms with Crippen molar-refractivity contribution in [3.8, 4) is 0 Å². The largest absolute Gasteiger partial charge is 0.354 e. The van der Waals surface area contributed by atoms with Crippen molar-refractivity contribution < 1.29 is 4.79 Å². The molecule has 0 aliphatic carbocycles. The standard InChI is InChI=1S/C13H22BrN5O/c1-5-7-19(9-11(20)18(3)4)12-10(14)8-16-13(17-12)15-6-2/h8H,5-7,9H2,1-4H3,(H,15,16,17). The van der Waals surface area contributed by atoms with E-state index in [-0.39, 0.29) is 5.91 Å². The van der Waals surface area contributed by atoms with Crippen molar-refractivity contribution >= 4 is 33.6 Å². The Morgan fingerprint density at radius 3 is 2.65 bits per heavy atom. The van der Waals surface area contributed by atoms with Gasteiger partial charge >= 0.3 is 0 Å². The van der Waals surface area contributed by atoms with E-state index in [0.717, 1.165) is 29.8 Å². The molecule has 0 fully saturated rings. The molecule has 0 bridgehead atoms. The number of nitrogens with one attached hydrogen (secondary N) is 1. The third-order valence-corrected chi connectivity index (χ3v) is 3.24. The first-order chi connectivity index (χ1) is 9.49. The maximum atomic E-state index is 11.9. The SMILES string of the molecule is CCCN(CC(=O)N(C)C)c1nc(NCC)ncc1Br. The summed E-state index contributed by atoms with van der Waals surface area (Å²) in [6.45, 7) is 5.89. The second kappa shape index (κ2) is 8.04. The average Bonchev–Trinajstić information content (AvgIpc) is 2.40. The quantitative estimate of drug-likeness (QED) is 0.820. The lowest BCUT2D eigenvalue weighted by Crippen LogP contribution is -2.37. The molecule has 0 atom stereocenters. The number of carbonyl (C=O) groups excluding carboxylic acids is 1. The average molecular weight is 344 g/mol. The first kappa shape index (κ1) is 16.7. The van der Waals surface area contributed by atoms with Crippen molar-refractivity contribution in [2.24, 2.45) is 0 Å². The Morgan fingerprint density at radius 1 is 1.40 bits per heavy atom. The van der Waals surface area contributed by atoms with E-state index < -0.39 is 0 Å². The molecule has 1 heterocycles. The second-order valence-corrected chi connectivity index (χ2v) is 5.46. The van der Waals surface area contributed by atoms with Crippen LogP contribution in [0.3, 0.4) is 0 Å². The van der Waals surface area contributed by atoms with E-state index in [0.29, 0.717) is 12.5 Å². The summed E-state index contributed by atoms with van der Waals surface area (Å²) in [7, 11) is 3.51. The Kier molecular flexibility index (Phi) is 6.70. The lowest BCUT2D eigenvalue weighted by atomic mass is 10.3. The van der Waals surface area contributed by atoms with Gasteiger partial charge in [-0.25, -0.2) is 4.98 Å². The number of aromatic nitrogens is 2. The molecule has 0 radical (unpaired) electrons. The van der Waals surface area contributed by atoms with Crippen LogP contribution in [0.5, 0.6) is 0 Å². The van der Waals surface area contributed by atoms with E-state index in [1.54, 1.807) is 25.2 Å². The van der Waals surface area contributed by atoms with Gasteiger partial charge in [-0.3, -0.25) is 4.79 Å². The Hall–Kier alpha value is -1.37. The van der Waals surface area contributed by atoms with Gasteiger partial charge in [0, 0.05) is 33.4 Å². The molecule has 7 heteroatoms. The molecule has 0 unspecified atom stereocenters. The molecule has 0 saturated carbocycles.